The van der Waals surface area contributed by atoms with Gasteiger partial charge < -0.3 is 10.5 Å². The van der Waals surface area contributed by atoms with Crippen LogP contribution >= 0.6 is 11.6 Å². The summed E-state index contributed by atoms with van der Waals surface area (Å²) >= 11 is 6.01. The SMILES string of the molecule is Nc1ncnc2c1c(-c1ccc(Oc3ccccc3)cc1)nn2Cc1ccc(Cl)cc1. The van der Waals surface area contributed by atoms with Gasteiger partial charge in [-0.1, -0.05) is 41.9 Å². The van der Waals surface area contributed by atoms with Crippen LogP contribution in [0.2, 0.25) is 5.02 Å². The number of ether oxygens (including phenoxy) is 1. The van der Waals surface area contributed by atoms with Crippen LogP contribution in [0.4, 0.5) is 5.82 Å². The normalized spacial score (nSPS) is 11.0. The van der Waals surface area contributed by atoms with Gasteiger partial charge in [-0.2, -0.15) is 5.10 Å². The lowest BCUT2D eigenvalue weighted by Crippen LogP contribution is -2.03. The maximum absolute atomic E-state index is 6.21. The number of rotatable bonds is 5. The minimum Gasteiger partial charge on any atom is -0.457 e. The molecule has 0 unspecified atom stereocenters. The molecule has 0 fully saturated rings. The summed E-state index contributed by atoms with van der Waals surface area (Å²) in [6.07, 6.45) is 1.46. The molecule has 0 amide bonds. The van der Waals surface area contributed by atoms with Gasteiger partial charge in [0.05, 0.1) is 11.9 Å². The maximum Gasteiger partial charge on any atom is 0.164 e. The number of halogens is 1. The summed E-state index contributed by atoms with van der Waals surface area (Å²) in [6, 6.07) is 25.0. The Balaban J connectivity index is 1.51. The third-order valence-electron chi connectivity index (χ3n) is 4.91. The standard InChI is InChI=1S/C24H18ClN5O/c25-18-10-6-16(7-11-18)14-30-24-21(23(26)27-15-28-24)22(29-30)17-8-12-20(13-9-17)31-19-4-2-1-3-5-19/h1-13,15H,14H2,(H2,26,27,28). The number of nitrogen functional groups attached to an aromatic ring is 1. The summed E-state index contributed by atoms with van der Waals surface area (Å²) in [5.41, 5.74) is 9.58. The fraction of sp³-hybridized carbons (Fsp3) is 0.0417. The van der Waals surface area contributed by atoms with Crippen molar-refractivity contribution < 1.29 is 4.74 Å². The highest BCUT2D eigenvalue weighted by Crippen LogP contribution is 2.32. The predicted octanol–water partition coefficient (Wildman–Crippen LogP) is 5.57. The molecule has 0 saturated carbocycles. The molecule has 2 heterocycles. The van der Waals surface area contributed by atoms with E-state index < -0.39 is 0 Å². The van der Waals surface area contributed by atoms with Gasteiger partial charge >= 0.3 is 0 Å². The molecule has 31 heavy (non-hydrogen) atoms. The van der Waals surface area contributed by atoms with Crippen molar-refractivity contribution in [2.45, 2.75) is 6.54 Å². The topological polar surface area (TPSA) is 78.8 Å². The van der Waals surface area contributed by atoms with Gasteiger partial charge in [0.1, 0.15) is 29.3 Å². The lowest BCUT2D eigenvalue weighted by atomic mass is 10.1. The van der Waals surface area contributed by atoms with Crippen molar-refractivity contribution >= 4 is 28.5 Å². The van der Waals surface area contributed by atoms with Gasteiger partial charge in [0.15, 0.2) is 5.65 Å². The summed E-state index contributed by atoms with van der Waals surface area (Å²) in [4.78, 5) is 8.60. The molecule has 2 N–H and O–H groups in total. The summed E-state index contributed by atoms with van der Waals surface area (Å²) in [5.74, 6) is 1.92. The Morgan fingerprint density at radius 3 is 2.29 bits per heavy atom. The first kappa shape index (κ1) is 19.1. The van der Waals surface area contributed by atoms with Gasteiger partial charge in [0, 0.05) is 10.6 Å². The van der Waals surface area contributed by atoms with E-state index in [1.165, 1.54) is 6.33 Å². The Morgan fingerprint density at radius 2 is 1.55 bits per heavy atom. The van der Waals surface area contributed by atoms with Crippen molar-refractivity contribution in [3.05, 3.63) is 95.8 Å². The highest BCUT2D eigenvalue weighted by molar-refractivity contribution is 6.30. The fourth-order valence-electron chi connectivity index (χ4n) is 3.41. The predicted molar refractivity (Wildman–Crippen MR) is 122 cm³/mol. The molecule has 3 aromatic carbocycles. The summed E-state index contributed by atoms with van der Waals surface area (Å²) in [7, 11) is 0. The monoisotopic (exact) mass is 427 g/mol. The summed E-state index contributed by atoms with van der Waals surface area (Å²) < 4.78 is 7.72. The van der Waals surface area contributed by atoms with E-state index in [0.29, 0.717) is 23.0 Å². The molecule has 0 bridgehead atoms. The highest BCUT2D eigenvalue weighted by Gasteiger charge is 2.17. The number of aromatic nitrogens is 4. The molecule has 152 valence electrons. The lowest BCUT2D eigenvalue weighted by Gasteiger charge is -2.06. The molecule has 2 aromatic heterocycles. The molecular weight excluding hydrogens is 410 g/mol. The molecule has 0 aliphatic rings. The smallest absolute Gasteiger partial charge is 0.164 e. The first-order valence-corrected chi connectivity index (χ1v) is 10.1. The van der Waals surface area contributed by atoms with Crippen molar-refractivity contribution in [3.63, 3.8) is 0 Å². The van der Waals surface area contributed by atoms with E-state index in [0.717, 1.165) is 33.7 Å². The first-order chi connectivity index (χ1) is 15.2. The molecule has 0 aliphatic heterocycles. The number of hydrogen-bond acceptors (Lipinski definition) is 5. The zero-order chi connectivity index (χ0) is 21.2. The molecule has 0 atom stereocenters. The third kappa shape index (κ3) is 3.93. The summed E-state index contributed by atoms with van der Waals surface area (Å²) in [6.45, 7) is 0.541. The van der Waals surface area contributed by atoms with Crippen molar-refractivity contribution in [3.8, 4) is 22.8 Å². The highest BCUT2D eigenvalue weighted by atomic mass is 35.5. The third-order valence-corrected chi connectivity index (χ3v) is 5.16. The van der Waals surface area contributed by atoms with Crippen LogP contribution in [-0.2, 0) is 6.54 Å². The van der Waals surface area contributed by atoms with Gasteiger partial charge in [-0.15, -0.1) is 0 Å². The Morgan fingerprint density at radius 1 is 0.839 bits per heavy atom. The first-order valence-electron chi connectivity index (χ1n) is 9.72. The van der Waals surface area contributed by atoms with E-state index in [9.17, 15) is 0 Å². The summed E-state index contributed by atoms with van der Waals surface area (Å²) in [5, 5.41) is 6.24. The van der Waals surface area contributed by atoms with Crippen LogP contribution in [0.25, 0.3) is 22.3 Å². The number of hydrogen-bond donors (Lipinski definition) is 1. The Kier molecular flexibility index (Phi) is 4.98. The molecular formula is C24H18ClN5O. The molecule has 0 spiro atoms. The van der Waals surface area contributed by atoms with E-state index in [1.54, 1.807) is 0 Å². The number of nitrogens with two attached hydrogens (primary N) is 1. The van der Waals surface area contributed by atoms with Gasteiger partial charge in [-0.05, 0) is 54.1 Å². The molecule has 6 nitrogen and oxygen atoms in total. The Labute approximate surface area is 183 Å². The minimum atomic E-state index is 0.395. The second-order valence-corrected chi connectivity index (χ2v) is 7.47. The molecule has 0 saturated heterocycles. The largest absolute Gasteiger partial charge is 0.457 e. The van der Waals surface area contributed by atoms with Crippen LogP contribution in [0.5, 0.6) is 11.5 Å². The molecule has 0 radical (unpaired) electrons. The number of fused-ring (bicyclic) bond motifs is 1. The van der Waals surface area contributed by atoms with Crippen molar-refractivity contribution in [1.29, 1.82) is 0 Å². The average molecular weight is 428 g/mol. The Hall–Kier alpha value is -3.90. The number of anilines is 1. The van der Waals surface area contributed by atoms with Gasteiger partial charge in [0.25, 0.3) is 0 Å². The van der Waals surface area contributed by atoms with Crippen LogP contribution in [0, 0.1) is 0 Å². The zero-order valence-electron chi connectivity index (χ0n) is 16.4. The van der Waals surface area contributed by atoms with Gasteiger partial charge in [0.2, 0.25) is 0 Å². The van der Waals surface area contributed by atoms with Crippen LogP contribution in [0.15, 0.2) is 85.2 Å². The molecule has 0 aliphatic carbocycles. The number of para-hydroxylation sites is 1. The van der Waals surface area contributed by atoms with Crippen LogP contribution in [0.1, 0.15) is 5.56 Å². The fourth-order valence-corrected chi connectivity index (χ4v) is 3.54. The van der Waals surface area contributed by atoms with Crippen molar-refractivity contribution in [2.75, 3.05) is 5.73 Å². The van der Waals surface area contributed by atoms with Crippen LogP contribution in [-0.4, -0.2) is 19.7 Å². The van der Waals surface area contributed by atoms with E-state index >= 15 is 0 Å². The van der Waals surface area contributed by atoms with Crippen LogP contribution in [0.3, 0.4) is 0 Å². The maximum atomic E-state index is 6.21. The minimum absolute atomic E-state index is 0.395. The lowest BCUT2D eigenvalue weighted by molar-refractivity contribution is 0.483. The van der Waals surface area contributed by atoms with Gasteiger partial charge in [-0.25, -0.2) is 14.6 Å². The van der Waals surface area contributed by atoms with Crippen LogP contribution < -0.4 is 10.5 Å². The van der Waals surface area contributed by atoms with E-state index in [4.69, 9.17) is 27.2 Å². The second kappa shape index (κ2) is 8.08. The zero-order valence-corrected chi connectivity index (χ0v) is 17.2. The quantitative estimate of drug-likeness (QED) is 0.396. The Bertz CT molecular complexity index is 1330. The molecule has 7 heteroatoms. The number of benzene rings is 3. The van der Waals surface area contributed by atoms with E-state index in [-0.39, 0.29) is 0 Å². The van der Waals surface area contributed by atoms with Gasteiger partial charge in [-0.3, -0.25) is 0 Å². The number of nitrogens with zero attached hydrogens (tertiary/aromatic N) is 4. The average Bonchev–Trinajstić information content (AvgIpc) is 3.16. The molecule has 5 aromatic rings. The second-order valence-electron chi connectivity index (χ2n) is 7.03. The van der Waals surface area contributed by atoms with E-state index in [2.05, 4.69) is 9.97 Å². The molecule has 5 rings (SSSR count). The van der Waals surface area contributed by atoms with E-state index in [1.807, 2.05) is 83.5 Å². The van der Waals surface area contributed by atoms with Crippen molar-refractivity contribution in [1.82, 2.24) is 19.7 Å². The van der Waals surface area contributed by atoms with Crippen molar-refractivity contribution in [2.24, 2.45) is 0 Å².